The van der Waals surface area contributed by atoms with E-state index in [1.807, 2.05) is 31.2 Å². The van der Waals surface area contributed by atoms with Crippen LogP contribution in [0.4, 0.5) is 0 Å². The predicted octanol–water partition coefficient (Wildman–Crippen LogP) is 1.91. The van der Waals surface area contributed by atoms with Gasteiger partial charge in [-0.2, -0.15) is 4.68 Å². The Labute approximate surface area is 130 Å². The van der Waals surface area contributed by atoms with E-state index < -0.39 is 0 Å². The maximum Gasteiger partial charge on any atom is 0.226 e. The lowest BCUT2D eigenvalue weighted by molar-refractivity contribution is 0.410. The molecule has 0 amide bonds. The second kappa shape index (κ2) is 6.56. The zero-order chi connectivity index (χ0) is 15.4. The van der Waals surface area contributed by atoms with Gasteiger partial charge in [-0.25, -0.2) is 0 Å². The van der Waals surface area contributed by atoms with Gasteiger partial charge in [0.05, 0.1) is 12.9 Å². The molecule has 114 valence electrons. The number of aryl methyl sites for hydroxylation is 1. The SMILES string of the molecule is CCc1nnc(CSc2nnnn2-c2ccccc2OC)o1. The quantitative estimate of drug-likeness (QED) is 0.636. The molecule has 0 N–H and O–H groups in total. The highest BCUT2D eigenvalue weighted by molar-refractivity contribution is 7.98. The number of tetrazole rings is 1. The number of para-hydroxylation sites is 2. The highest BCUT2D eigenvalue weighted by Gasteiger charge is 2.14. The number of hydrogen-bond acceptors (Lipinski definition) is 8. The Bertz CT molecular complexity index is 756. The van der Waals surface area contributed by atoms with Gasteiger partial charge in [0, 0.05) is 6.42 Å². The molecule has 0 aliphatic rings. The molecule has 1 aromatic carbocycles. The lowest BCUT2D eigenvalue weighted by Crippen LogP contribution is -2.01. The summed E-state index contributed by atoms with van der Waals surface area (Å²) in [6.45, 7) is 1.96. The molecular formula is C13H14N6O2S. The monoisotopic (exact) mass is 318 g/mol. The molecule has 2 aromatic heterocycles. The van der Waals surface area contributed by atoms with Crippen molar-refractivity contribution in [3.63, 3.8) is 0 Å². The number of benzene rings is 1. The zero-order valence-corrected chi connectivity index (χ0v) is 12.9. The fourth-order valence-electron chi connectivity index (χ4n) is 1.84. The maximum atomic E-state index is 5.48. The summed E-state index contributed by atoms with van der Waals surface area (Å²) in [7, 11) is 1.61. The molecule has 0 saturated heterocycles. The van der Waals surface area contributed by atoms with Crippen molar-refractivity contribution >= 4 is 11.8 Å². The summed E-state index contributed by atoms with van der Waals surface area (Å²) in [5.41, 5.74) is 0.775. The number of hydrogen-bond donors (Lipinski definition) is 0. The van der Waals surface area contributed by atoms with E-state index in [1.54, 1.807) is 11.8 Å². The van der Waals surface area contributed by atoms with Gasteiger partial charge in [-0.05, 0) is 22.6 Å². The van der Waals surface area contributed by atoms with Gasteiger partial charge in [0.2, 0.25) is 16.9 Å². The van der Waals surface area contributed by atoms with Crippen LogP contribution in [-0.2, 0) is 12.2 Å². The number of rotatable bonds is 6. The summed E-state index contributed by atoms with van der Waals surface area (Å²) in [5.74, 6) is 2.38. The third-order valence-corrected chi connectivity index (χ3v) is 3.79. The van der Waals surface area contributed by atoms with Crippen LogP contribution < -0.4 is 4.74 Å². The summed E-state index contributed by atoms with van der Waals surface area (Å²) in [5, 5.41) is 20.3. The molecule has 0 fully saturated rings. The van der Waals surface area contributed by atoms with Crippen molar-refractivity contribution < 1.29 is 9.15 Å². The molecule has 0 bridgehead atoms. The van der Waals surface area contributed by atoms with Gasteiger partial charge in [0.15, 0.2) is 0 Å². The Morgan fingerprint density at radius 2 is 2.00 bits per heavy atom. The fraction of sp³-hybridized carbons (Fsp3) is 0.308. The number of methoxy groups -OCH3 is 1. The molecule has 0 radical (unpaired) electrons. The first-order valence-electron chi connectivity index (χ1n) is 6.67. The summed E-state index contributed by atoms with van der Waals surface area (Å²) in [6.07, 6.45) is 0.719. The van der Waals surface area contributed by atoms with Crippen LogP contribution in [0.25, 0.3) is 5.69 Å². The Balaban J connectivity index is 1.80. The van der Waals surface area contributed by atoms with Crippen LogP contribution >= 0.6 is 11.8 Å². The first-order chi connectivity index (χ1) is 10.8. The zero-order valence-electron chi connectivity index (χ0n) is 12.1. The minimum absolute atomic E-state index is 0.503. The second-order valence-electron chi connectivity index (χ2n) is 4.28. The molecule has 0 aliphatic heterocycles. The third kappa shape index (κ3) is 2.93. The van der Waals surface area contributed by atoms with Crippen LogP contribution in [0.15, 0.2) is 33.8 Å². The number of nitrogens with zero attached hydrogens (tertiary/aromatic N) is 6. The van der Waals surface area contributed by atoms with Crippen molar-refractivity contribution in [1.82, 2.24) is 30.4 Å². The van der Waals surface area contributed by atoms with Crippen molar-refractivity contribution in [3.05, 3.63) is 36.0 Å². The van der Waals surface area contributed by atoms with Crippen LogP contribution in [0.2, 0.25) is 0 Å². The van der Waals surface area contributed by atoms with Gasteiger partial charge in [0.1, 0.15) is 11.4 Å². The molecule has 0 unspecified atom stereocenters. The Morgan fingerprint density at radius 1 is 1.18 bits per heavy atom. The normalized spacial score (nSPS) is 10.8. The Morgan fingerprint density at radius 3 is 2.77 bits per heavy atom. The van der Waals surface area contributed by atoms with Crippen molar-refractivity contribution in [2.45, 2.75) is 24.3 Å². The molecule has 3 rings (SSSR count). The number of thioether (sulfide) groups is 1. The van der Waals surface area contributed by atoms with Crippen molar-refractivity contribution in [2.75, 3.05) is 7.11 Å². The van der Waals surface area contributed by atoms with Gasteiger partial charge in [0.25, 0.3) is 0 Å². The van der Waals surface area contributed by atoms with Gasteiger partial charge >= 0.3 is 0 Å². The van der Waals surface area contributed by atoms with Crippen LogP contribution in [0, 0.1) is 0 Å². The average Bonchev–Trinajstić information content (AvgIpc) is 3.21. The molecule has 0 aliphatic carbocycles. The molecular weight excluding hydrogens is 304 g/mol. The molecule has 0 atom stereocenters. The molecule has 3 aromatic rings. The first-order valence-corrected chi connectivity index (χ1v) is 7.66. The lowest BCUT2D eigenvalue weighted by Gasteiger charge is -2.08. The average molecular weight is 318 g/mol. The van der Waals surface area contributed by atoms with Gasteiger partial charge in [-0.3, -0.25) is 0 Å². The van der Waals surface area contributed by atoms with Crippen molar-refractivity contribution in [3.8, 4) is 11.4 Å². The smallest absolute Gasteiger partial charge is 0.226 e. The minimum atomic E-state index is 0.503. The highest BCUT2D eigenvalue weighted by Crippen LogP contribution is 2.26. The summed E-state index contributed by atoms with van der Waals surface area (Å²) in [4.78, 5) is 0. The van der Waals surface area contributed by atoms with Crippen LogP contribution in [-0.4, -0.2) is 37.5 Å². The van der Waals surface area contributed by atoms with E-state index in [-0.39, 0.29) is 0 Å². The summed E-state index contributed by atoms with van der Waals surface area (Å²) >= 11 is 1.42. The van der Waals surface area contributed by atoms with E-state index in [2.05, 4.69) is 25.7 Å². The summed E-state index contributed by atoms with van der Waals surface area (Å²) in [6, 6.07) is 7.54. The minimum Gasteiger partial charge on any atom is -0.494 e. The topological polar surface area (TPSA) is 91.8 Å². The first kappa shape index (κ1) is 14.5. The standard InChI is InChI=1S/C13H14N6O2S/c1-3-11-14-15-12(21-11)8-22-13-16-17-18-19(13)9-6-4-5-7-10(9)20-2/h4-7H,3,8H2,1-2H3. The van der Waals surface area contributed by atoms with E-state index >= 15 is 0 Å². The predicted molar refractivity (Wildman–Crippen MR) is 78.9 cm³/mol. The van der Waals surface area contributed by atoms with Crippen molar-refractivity contribution in [1.29, 1.82) is 0 Å². The van der Waals surface area contributed by atoms with E-state index in [1.165, 1.54) is 11.8 Å². The fourth-order valence-corrected chi connectivity index (χ4v) is 2.56. The third-order valence-electron chi connectivity index (χ3n) is 2.89. The van der Waals surface area contributed by atoms with Crippen LogP contribution in [0.5, 0.6) is 5.75 Å². The molecule has 8 nitrogen and oxygen atoms in total. The molecule has 0 saturated carbocycles. The number of ether oxygens (including phenoxy) is 1. The Hall–Kier alpha value is -2.42. The van der Waals surface area contributed by atoms with E-state index in [0.717, 1.165) is 12.1 Å². The summed E-state index contributed by atoms with van der Waals surface area (Å²) < 4.78 is 12.4. The van der Waals surface area contributed by atoms with Crippen LogP contribution in [0.1, 0.15) is 18.7 Å². The molecule has 0 spiro atoms. The second-order valence-corrected chi connectivity index (χ2v) is 5.22. The molecule has 22 heavy (non-hydrogen) atoms. The van der Waals surface area contributed by atoms with Gasteiger partial charge < -0.3 is 9.15 Å². The lowest BCUT2D eigenvalue weighted by atomic mass is 10.3. The largest absolute Gasteiger partial charge is 0.494 e. The van der Waals surface area contributed by atoms with Gasteiger partial charge in [-0.15, -0.1) is 15.3 Å². The van der Waals surface area contributed by atoms with E-state index in [4.69, 9.17) is 9.15 Å². The molecule has 2 heterocycles. The highest BCUT2D eigenvalue weighted by atomic mass is 32.2. The Kier molecular flexibility index (Phi) is 4.33. The van der Waals surface area contributed by atoms with E-state index in [0.29, 0.717) is 28.4 Å². The number of aromatic nitrogens is 6. The van der Waals surface area contributed by atoms with Crippen LogP contribution in [0.3, 0.4) is 0 Å². The van der Waals surface area contributed by atoms with Crippen molar-refractivity contribution in [2.24, 2.45) is 0 Å². The van der Waals surface area contributed by atoms with E-state index in [9.17, 15) is 0 Å². The van der Waals surface area contributed by atoms with Gasteiger partial charge in [-0.1, -0.05) is 30.8 Å². The molecule has 9 heteroatoms. The maximum absolute atomic E-state index is 5.48.